The van der Waals surface area contributed by atoms with Crippen molar-refractivity contribution in [1.29, 1.82) is 0 Å². The van der Waals surface area contributed by atoms with E-state index in [0.717, 1.165) is 80.7 Å². The quantitative estimate of drug-likeness (QED) is 0.104. The number of benzene rings is 4. The van der Waals surface area contributed by atoms with Crippen molar-refractivity contribution >= 4 is 55.9 Å². The summed E-state index contributed by atoms with van der Waals surface area (Å²) in [6, 6.07) is 34.3. The number of ketones is 2. The molecule has 2 aliphatic carbocycles. The van der Waals surface area contributed by atoms with E-state index in [1.807, 2.05) is 91.0 Å². The number of hydrogen-bond acceptors (Lipinski definition) is 7. The van der Waals surface area contributed by atoms with Gasteiger partial charge in [-0.25, -0.2) is 4.98 Å². The molecule has 5 aromatic rings. The fraction of sp³-hybridized carbons (Fsp3) is 0.339. The van der Waals surface area contributed by atoms with Gasteiger partial charge in [-0.05, 0) is 130 Å². The van der Waals surface area contributed by atoms with E-state index in [-0.39, 0.29) is 11.6 Å². The van der Waals surface area contributed by atoms with Crippen LogP contribution in [0.3, 0.4) is 0 Å². The molecule has 0 atom stereocenters. The molecule has 66 heavy (non-hydrogen) atoms. The molecule has 338 valence electrons. The second-order valence-electron chi connectivity index (χ2n) is 20.3. The van der Waals surface area contributed by atoms with E-state index in [1.54, 1.807) is 0 Å². The second-order valence-corrected chi connectivity index (χ2v) is 20.3. The molecular formula is C59H65N5O2. The maximum atomic E-state index is 14.5. The Morgan fingerprint density at radius 3 is 1.06 bits per heavy atom. The minimum Gasteiger partial charge on any atom is -0.289 e. The van der Waals surface area contributed by atoms with Crippen LogP contribution in [-0.2, 0) is 9.59 Å². The van der Waals surface area contributed by atoms with Crippen LogP contribution in [0.2, 0.25) is 0 Å². The summed E-state index contributed by atoms with van der Waals surface area (Å²) in [5.74, 6) is 0.126. The Morgan fingerprint density at radius 1 is 0.424 bits per heavy atom. The Kier molecular flexibility index (Phi) is 13.5. The summed E-state index contributed by atoms with van der Waals surface area (Å²) in [6.45, 7) is 25.5. The van der Waals surface area contributed by atoms with Gasteiger partial charge in [0.2, 0.25) is 0 Å². The van der Waals surface area contributed by atoms with E-state index < -0.39 is 21.7 Å². The van der Waals surface area contributed by atoms with Gasteiger partial charge in [0.15, 0.2) is 11.6 Å². The first kappa shape index (κ1) is 47.5. The van der Waals surface area contributed by atoms with Crippen LogP contribution in [0.25, 0.3) is 32.9 Å². The summed E-state index contributed by atoms with van der Waals surface area (Å²) in [5, 5.41) is 24.2. The summed E-state index contributed by atoms with van der Waals surface area (Å²) in [5.41, 5.74) is 6.35. The van der Waals surface area contributed by atoms with E-state index in [1.165, 1.54) is 0 Å². The largest absolute Gasteiger partial charge is 0.289 e. The summed E-state index contributed by atoms with van der Waals surface area (Å²) in [6.07, 6.45) is 11.1. The molecule has 0 bridgehead atoms. The molecule has 0 aliphatic heterocycles. The summed E-state index contributed by atoms with van der Waals surface area (Å²) in [7, 11) is 0. The lowest BCUT2D eigenvalue weighted by Crippen LogP contribution is -2.30. The molecule has 1 heterocycles. The predicted octanol–water partition coefficient (Wildman–Crippen LogP) is 17.0. The molecule has 0 fully saturated rings. The Balaban J connectivity index is 1.53. The first-order chi connectivity index (χ1) is 31.3. The molecule has 0 unspecified atom stereocenters. The molecule has 0 amide bonds. The number of fused-ring (bicyclic) bond motifs is 2. The van der Waals surface area contributed by atoms with Gasteiger partial charge in [0, 0.05) is 33.4 Å². The van der Waals surface area contributed by atoms with Crippen LogP contribution < -0.4 is 0 Å². The molecule has 7 heteroatoms. The molecule has 7 nitrogen and oxygen atoms in total. The predicted molar refractivity (Wildman–Crippen MR) is 274 cm³/mol. The maximum absolute atomic E-state index is 14.5. The van der Waals surface area contributed by atoms with Gasteiger partial charge in [0.05, 0.1) is 22.8 Å². The molecule has 2 aliphatic rings. The lowest BCUT2D eigenvalue weighted by Gasteiger charge is -2.34. The van der Waals surface area contributed by atoms with Crippen molar-refractivity contribution in [2.24, 2.45) is 42.1 Å². The van der Waals surface area contributed by atoms with E-state index in [9.17, 15) is 9.59 Å². The molecule has 7 rings (SSSR count). The van der Waals surface area contributed by atoms with Crippen LogP contribution in [0.5, 0.6) is 0 Å². The zero-order valence-electron chi connectivity index (χ0n) is 41.0. The van der Waals surface area contributed by atoms with Crippen molar-refractivity contribution in [1.82, 2.24) is 4.98 Å². The first-order valence-corrected chi connectivity index (χ1v) is 23.6. The van der Waals surface area contributed by atoms with Crippen molar-refractivity contribution in [3.8, 4) is 0 Å². The Labute approximate surface area is 392 Å². The number of aromatic nitrogens is 1. The number of pyridine rings is 1. The monoisotopic (exact) mass is 876 g/mol. The minimum absolute atomic E-state index is 0.0631. The van der Waals surface area contributed by atoms with Gasteiger partial charge in [0.1, 0.15) is 11.4 Å². The summed E-state index contributed by atoms with van der Waals surface area (Å²) < 4.78 is 0. The smallest absolute Gasteiger partial charge is 0.186 e. The molecule has 4 aromatic carbocycles. The van der Waals surface area contributed by atoms with Crippen molar-refractivity contribution < 1.29 is 9.59 Å². The second kappa shape index (κ2) is 18.8. The first-order valence-electron chi connectivity index (χ1n) is 23.6. The van der Waals surface area contributed by atoms with Crippen molar-refractivity contribution in [3.05, 3.63) is 172 Å². The summed E-state index contributed by atoms with van der Waals surface area (Å²) >= 11 is 0. The lowest BCUT2D eigenvalue weighted by molar-refractivity contribution is -0.115. The number of carbonyl (C=O) groups excluding carboxylic acids is 2. The average Bonchev–Trinajstić information content (AvgIpc) is 3.32. The molecular weight excluding hydrogens is 811 g/mol. The molecule has 0 spiro atoms. The number of carbonyl (C=O) groups is 2. The standard InChI is InChI=1S/C59H65N5O2/c1-13-56(5,6)46-34-42(35-47(54(46)65)57(7,8)14-2)52(63-61-44-30-28-38-22-17-19-24-40(38)32-44)50-26-21-27-51(60-50)53(64-62-45-31-29-39-23-18-20-25-41(39)33-45)43-36-48(58(9,10)15-3)55(66)49(37-43)59(11,12)16-4/h17-37H,13-16H2,1-12H3/b63-61+,64-62+. The topological polar surface area (TPSA) is 96.5 Å². The van der Waals surface area contributed by atoms with E-state index in [4.69, 9.17) is 25.4 Å². The third kappa shape index (κ3) is 9.72. The van der Waals surface area contributed by atoms with Gasteiger partial charge in [0.25, 0.3) is 0 Å². The minimum atomic E-state index is -0.409. The summed E-state index contributed by atoms with van der Waals surface area (Å²) in [4.78, 5) is 34.4. The van der Waals surface area contributed by atoms with E-state index >= 15 is 0 Å². The highest BCUT2D eigenvalue weighted by atomic mass is 16.1. The lowest BCUT2D eigenvalue weighted by atomic mass is 9.68. The van der Waals surface area contributed by atoms with Crippen LogP contribution in [0, 0.1) is 21.7 Å². The zero-order chi connectivity index (χ0) is 47.6. The molecule has 0 radical (unpaired) electrons. The Morgan fingerprint density at radius 2 is 0.742 bits per heavy atom. The average molecular weight is 876 g/mol. The zero-order valence-corrected chi connectivity index (χ0v) is 41.0. The van der Waals surface area contributed by atoms with Gasteiger partial charge < -0.3 is 0 Å². The van der Waals surface area contributed by atoms with Gasteiger partial charge in [-0.1, -0.05) is 150 Å². The molecule has 0 N–H and O–H groups in total. The number of hydrogen-bond donors (Lipinski definition) is 0. The van der Waals surface area contributed by atoms with Crippen LogP contribution >= 0.6 is 0 Å². The van der Waals surface area contributed by atoms with E-state index in [2.05, 4.69) is 119 Å². The number of rotatable bonds is 14. The van der Waals surface area contributed by atoms with E-state index in [0.29, 0.717) is 34.2 Å². The third-order valence-corrected chi connectivity index (χ3v) is 14.4. The highest BCUT2D eigenvalue weighted by molar-refractivity contribution is 6.13. The number of Topliss-reactive ketones (excluding diaryl/α,β-unsaturated/α-hetero) is 2. The Hall–Kier alpha value is -6.47. The van der Waals surface area contributed by atoms with Crippen LogP contribution in [-0.4, -0.2) is 16.6 Å². The molecule has 1 aromatic heterocycles. The van der Waals surface area contributed by atoms with Gasteiger partial charge >= 0.3 is 0 Å². The highest BCUT2D eigenvalue weighted by Crippen LogP contribution is 2.46. The van der Waals surface area contributed by atoms with Gasteiger partial charge in [-0.3, -0.25) is 9.59 Å². The maximum Gasteiger partial charge on any atom is 0.186 e. The van der Waals surface area contributed by atoms with Gasteiger partial charge in [-0.2, -0.15) is 10.2 Å². The van der Waals surface area contributed by atoms with Crippen LogP contribution in [0.4, 0.5) is 11.4 Å². The Bertz CT molecular complexity index is 2720. The molecule has 0 saturated carbocycles. The van der Waals surface area contributed by atoms with Crippen molar-refractivity contribution in [2.75, 3.05) is 0 Å². The number of nitrogens with zero attached hydrogens (tertiary/aromatic N) is 5. The number of allylic oxidation sites excluding steroid dienone is 10. The fourth-order valence-corrected chi connectivity index (χ4v) is 8.21. The number of azo groups is 2. The van der Waals surface area contributed by atoms with Crippen LogP contribution in [0.1, 0.15) is 120 Å². The van der Waals surface area contributed by atoms with Crippen molar-refractivity contribution in [3.63, 3.8) is 0 Å². The van der Waals surface area contributed by atoms with Crippen LogP contribution in [0.15, 0.2) is 181 Å². The SMILES string of the molecule is CCC(C)(C)C1=CC(=C(/N=N/c2ccc3ccccc3c2)c2cccc(C(/N=N/c3ccc4ccccc4c3)=C3C=C(C(C)(C)CC)C(=O)C(C(C)(C)CC)=C3)n2)C=C(C(C)(C)CC)C1=O. The normalized spacial score (nSPS) is 15.5. The molecule has 0 saturated heterocycles. The highest BCUT2D eigenvalue weighted by Gasteiger charge is 2.39. The fourth-order valence-electron chi connectivity index (χ4n) is 8.21. The van der Waals surface area contributed by atoms with Gasteiger partial charge in [-0.15, -0.1) is 10.2 Å². The third-order valence-electron chi connectivity index (χ3n) is 14.4. The van der Waals surface area contributed by atoms with Crippen molar-refractivity contribution in [2.45, 2.75) is 109 Å².